The Labute approximate surface area is 202 Å². The molecule has 2 amide bonds. The largest absolute Gasteiger partial charge is 0.334 e. The summed E-state index contributed by atoms with van der Waals surface area (Å²) in [7, 11) is 1.99. The first-order valence-corrected chi connectivity index (χ1v) is 12.6. The van der Waals surface area contributed by atoms with Gasteiger partial charge in [0, 0.05) is 37.2 Å². The lowest BCUT2D eigenvalue weighted by atomic mass is 9.64. The highest BCUT2D eigenvalue weighted by molar-refractivity contribution is 5.81. The van der Waals surface area contributed by atoms with Crippen LogP contribution in [0.25, 0.3) is 0 Å². The second-order valence-electron chi connectivity index (χ2n) is 10.7. The lowest BCUT2D eigenvalue weighted by molar-refractivity contribution is -0.143. The molecule has 1 aromatic carbocycles. The molecule has 1 saturated carbocycles. The number of likely N-dealkylation sites (N-methyl/N-ethyl adjacent to an activating group) is 1. The average Bonchev–Trinajstić information content (AvgIpc) is 3.12. The van der Waals surface area contributed by atoms with Crippen molar-refractivity contribution in [3.8, 4) is 0 Å². The van der Waals surface area contributed by atoms with Crippen LogP contribution in [0.15, 0.2) is 54.7 Å². The maximum atomic E-state index is 13.9. The summed E-state index contributed by atoms with van der Waals surface area (Å²) in [6, 6.07) is 16.8. The van der Waals surface area contributed by atoms with Gasteiger partial charge in [-0.3, -0.25) is 19.5 Å². The number of nitrogens with zero attached hydrogens (tertiary/aromatic N) is 4. The Morgan fingerprint density at radius 3 is 2.44 bits per heavy atom. The molecule has 2 aromatic rings. The van der Waals surface area contributed by atoms with Gasteiger partial charge < -0.3 is 9.80 Å². The molecular formula is C28H36N4O2. The zero-order valence-corrected chi connectivity index (χ0v) is 20.6. The molecule has 0 N–H and O–H groups in total. The summed E-state index contributed by atoms with van der Waals surface area (Å²) in [5.74, 6) is 0.324. The first-order chi connectivity index (χ1) is 16.4. The second-order valence-corrected chi connectivity index (χ2v) is 10.7. The van der Waals surface area contributed by atoms with Gasteiger partial charge in [-0.25, -0.2) is 0 Å². The standard InChI is InChI=1S/C28H36N4O2/c1-20(33)31-23(16-21-10-5-4-6-11-21)24-17-28(2)25(31)13-9-14-26(28)32(24)27(34)19-30(3)18-22-12-7-8-15-29-22/h4-8,10-12,15,23-26H,9,13-14,16-19H2,1-3H3/t23-,24-,25+,26-,28+/m0/s1. The lowest BCUT2D eigenvalue weighted by Gasteiger charge is -2.52. The number of carbonyl (C=O) groups is 2. The van der Waals surface area contributed by atoms with E-state index in [-0.39, 0.29) is 41.4 Å². The molecule has 1 aliphatic carbocycles. The van der Waals surface area contributed by atoms with Crippen LogP contribution >= 0.6 is 0 Å². The highest BCUT2D eigenvalue weighted by Gasteiger charge is 2.64. The summed E-state index contributed by atoms with van der Waals surface area (Å²) in [4.78, 5) is 37.7. The summed E-state index contributed by atoms with van der Waals surface area (Å²) >= 11 is 0. The van der Waals surface area contributed by atoms with E-state index < -0.39 is 0 Å². The highest BCUT2D eigenvalue weighted by Crippen LogP contribution is 2.56. The molecule has 3 heterocycles. The number of pyridine rings is 1. The number of carbonyl (C=O) groups excluding carboxylic acids is 2. The molecule has 0 radical (unpaired) electrons. The Morgan fingerprint density at radius 2 is 1.76 bits per heavy atom. The Morgan fingerprint density at radius 1 is 1.06 bits per heavy atom. The Balaban J connectivity index is 1.44. The van der Waals surface area contributed by atoms with E-state index in [1.54, 1.807) is 13.1 Å². The van der Waals surface area contributed by atoms with Crippen molar-refractivity contribution < 1.29 is 9.59 Å². The number of aromatic nitrogens is 1. The van der Waals surface area contributed by atoms with E-state index in [4.69, 9.17) is 0 Å². The molecule has 6 heteroatoms. The van der Waals surface area contributed by atoms with Crippen molar-refractivity contribution in [1.82, 2.24) is 19.7 Å². The van der Waals surface area contributed by atoms with E-state index in [1.807, 2.05) is 31.3 Å². The molecule has 0 spiro atoms. The van der Waals surface area contributed by atoms with Gasteiger partial charge in [-0.05, 0) is 56.8 Å². The van der Waals surface area contributed by atoms with Crippen LogP contribution in [-0.4, -0.2) is 69.3 Å². The predicted molar refractivity (Wildman–Crippen MR) is 132 cm³/mol. The molecule has 2 bridgehead atoms. The smallest absolute Gasteiger partial charge is 0.237 e. The van der Waals surface area contributed by atoms with Crippen LogP contribution in [-0.2, 0) is 22.6 Å². The molecule has 3 aliphatic rings. The minimum atomic E-state index is -0.0308. The van der Waals surface area contributed by atoms with Gasteiger partial charge in [-0.15, -0.1) is 0 Å². The topological polar surface area (TPSA) is 56.8 Å². The minimum Gasteiger partial charge on any atom is -0.334 e. The third-order valence-corrected chi connectivity index (χ3v) is 8.46. The summed E-state index contributed by atoms with van der Waals surface area (Å²) < 4.78 is 0. The number of piperidine rings is 1. The van der Waals surface area contributed by atoms with Crippen LogP contribution < -0.4 is 0 Å². The van der Waals surface area contributed by atoms with Gasteiger partial charge in [0.2, 0.25) is 11.8 Å². The van der Waals surface area contributed by atoms with Crippen molar-refractivity contribution in [3.63, 3.8) is 0 Å². The molecule has 5 atom stereocenters. The Bertz CT molecular complexity index is 1030. The van der Waals surface area contributed by atoms with Crippen molar-refractivity contribution in [2.45, 2.75) is 76.7 Å². The van der Waals surface area contributed by atoms with Gasteiger partial charge in [0.25, 0.3) is 0 Å². The number of likely N-dealkylation sites (tertiary alicyclic amines) is 2. The number of amides is 2. The highest BCUT2D eigenvalue weighted by atomic mass is 16.2. The number of hydrogen-bond donors (Lipinski definition) is 0. The monoisotopic (exact) mass is 460 g/mol. The SMILES string of the molecule is CC(=O)N1[C@@H](Cc2ccccc2)[C@@H]2C[C@@]3(C)[C@H](CCC[C@@H]13)N2C(=O)CN(C)Cc1ccccn1. The van der Waals surface area contributed by atoms with Crippen LogP contribution in [0, 0.1) is 5.41 Å². The summed E-state index contributed by atoms with van der Waals surface area (Å²) in [6.07, 6.45) is 6.70. The fourth-order valence-electron chi connectivity index (χ4n) is 7.13. The molecule has 2 saturated heterocycles. The van der Waals surface area contributed by atoms with Crippen molar-refractivity contribution in [2.24, 2.45) is 5.41 Å². The van der Waals surface area contributed by atoms with Crippen LogP contribution in [0.2, 0.25) is 0 Å². The Kier molecular flexibility index (Phi) is 6.19. The third-order valence-electron chi connectivity index (χ3n) is 8.46. The molecule has 5 rings (SSSR count). The zero-order chi connectivity index (χ0) is 23.9. The molecule has 180 valence electrons. The number of hydrogen-bond acceptors (Lipinski definition) is 4. The molecule has 2 aliphatic heterocycles. The van der Waals surface area contributed by atoms with Crippen LogP contribution in [0.5, 0.6) is 0 Å². The third kappa shape index (κ3) is 4.02. The zero-order valence-electron chi connectivity index (χ0n) is 20.6. The normalized spacial score (nSPS) is 30.0. The van der Waals surface area contributed by atoms with Crippen molar-refractivity contribution in [2.75, 3.05) is 13.6 Å². The van der Waals surface area contributed by atoms with Crippen molar-refractivity contribution in [1.29, 1.82) is 0 Å². The quantitative estimate of drug-likeness (QED) is 0.662. The number of benzene rings is 1. The van der Waals surface area contributed by atoms with Crippen molar-refractivity contribution in [3.05, 3.63) is 66.0 Å². The maximum absolute atomic E-state index is 13.9. The summed E-state index contributed by atoms with van der Waals surface area (Å²) in [6.45, 7) is 5.04. The molecule has 1 aromatic heterocycles. The minimum absolute atomic E-state index is 0.0196. The van der Waals surface area contributed by atoms with E-state index in [1.165, 1.54) is 5.56 Å². The Hall–Kier alpha value is -2.73. The molecule has 0 unspecified atom stereocenters. The van der Waals surface area contributed by atoms with Gasteiger partial charge >= 0.3 is 0 Å². The van der Waals surface area contributed by atoms with Crippen LogP contribution in [0.3, 0.4) is 0 Å². The molecular weight excluding hydrogens is 424 g/mol. The van der Waals surface area contributed by atoms with E-state index in [0.29, 0.717) is 13.1 Å². The maximum Gasteiger partial charge on any atom is 0.237 e. The fourth-order valence-corrected chi connectivity index (χ4v) is 7.13. The average molecular weight is 461 g/mol. The molecule has 3 fully saturated rings. The van der Waals surface area contributed by atoms with Gasteiger partial charge in [-0.1, -0.05) is 43.3 Å². The fraction of sp³-hybridized carbons (Fsp3) is 0.536. The van der Waals surface area contributed by atoms with Gasteiger partial charge in [-0.2, -0.15) is 0 Å². The predicted octanol–water partition coefficient (Wildman–Crippen LogP) is 3.52. The molecule has 6 nitrogen and oxygen atoms in total. The van der Waals surface area contributed by atoms with Gasteiger partial charge in [0.1, 0.15) is 0 Å². The summed E-state index contributed by atoms with van der Waals surface area (Å²) in [5, 5.41) is 0. The van der Waals surface area contributed by atoms with E-state index in [0.717, 1.165) is 37.8 Å². The van der Waals surface area contributed by atoms with Gasteiger partial charge in [0.05, 0.1) is 24.3 Å². The molecule has 34 heavy (non-hydrogen) atoms. The second kappa shape index (κ2) is 9.14. The summed E-state index contributed by atoms with van der Waals surface area (Å²) in [5.41, 5.74) is 2.16. The van der Waals surface area contributed by atoms with Crippen LogP contribution in [0.1, 0.15) is 50.8 Å². The van der Waals surface area contributed by atoms with Crippen LogP contribution in [0.4, 0.5) is 0 Å². The first-order valence-electron chi connectivity index (χ1n) is 12.6. The number of rotatable bonds is 6. The van der Waals surface area contributed by atoms with Gasteiger partial charge in [0.15, 0.2) is 0 Å². The van der Waals surface area contributed by atoms with E-state index in [2.05, 4.69) is 50.9 Å². The van der Waals surface area contributed by atoms with E-state index >= 15 is 0 Å². The van der Waals surface area contributed by atoms with Crippen molar-refractivity contribution >= 4 is 11.8 Å². The number of fused-ring (bicyclic) bond motifs is 1. The lowest BCUT2D eigenvalue weighted by Crippen LogP contribution is -2.62. The van der Waals surface area contributed by atoms with E-state index in [9.17, 15) is 9.59 Å². The first kappa shape index (κ1) is 23.0.